The summed E-state index contributed by atoms with van der Waals surface area (Å²) in [5.74, 6) is 0.118. The minimum absolute atomic E-state index is 0.0199. The van der Waals surface area contributed by atoms with Gasteiger partial charge in [-0.25, -0.2) is 0 Å². The van der Waals surface area contributed by atoms with Crippen LogP contribution in [0.5, 0.6) is 0 Å². The fourth-order valence-corrected chi connectivity index (χ4v) is 1.46. The number of carbonyl (C=O) groups is 2. The molecule has 14 heavy (non-hydrogen) atoms. The summed E-state index contributed by atoms with van der Waals surface area (Å²) in [5.41, 5.74) is 1.31. The second-order valence-corrected chi connectivity index (χ2v) is 4.98. The van der Waals surface area contributed by atoms with E-state index in [0.717, 1.165) is 0 Å². The predicted octanol–water partition coefficient (Wildman–Crippen LogP) is 2.90. The van der Waals surface area contributed by atoms with Crippen LogP contribution in [0.25, 0.3) is 0 Å². The van der Waals surface area contributed by atoms with Crippen LogP contribution < -0.4 is 0 Å². The molecule has 0 bridgehead atoms. The lowest BCUT2D eigenvalue weighted by atomic mass is 10.1. The summed E-state index contributed by atoms with van der Waals surface area (Å²) >= 11 is 2.08. The number of rotatable bonds is 3. The van der Waals surface area contributed by atoms with Gasteiger partial charge in [-0.3, -0.25) is 9.59 Å². The highest BCUT2D eigenvalue weighted by Gasteiger charge is 2.11. The molecule has 1 atom stereocenters. The number of carbonyl (C=O) groups excluding carboxylic acids is 2. The molecule has 0 aliphatic rings. The average molecular weight is 302 g/mol. The summed E-state index contributed by atoms with van der Waals surface area (Å²) in [4.78, 5) is 22.5. The minimum atomic E-state index is -0.0317. The number of hydrogen-bond donors (Lipinski definition) is 0. The Morgan fingerprint density at radius 2 is 1.57 bits per heavy atom. The van der Waals surface area contributed by atoms with E-state index in [-0.39, 0.29) is 15.5 Å². The first-order chi connectivity index (χ1) is 6.52. The molecular weight excluding hydrogens is 291 g/mol. The minimum Gasteiger partial charge on any atom is -0.295 e. The molecule has 0 radical (unpaired) electrons. The molecule has 0 fully saturated rings. The first kappa shape index (κ1) is 11.4. The van der Waals surface area contributed by atoms with Crippen molar-refractivity contribution in [2.75, 3.05) is 0 Å². The van der Waals surface area contributed by atoms with Crippen molar-refractivity contribution in [3.05, 3.63) is 35.4 Å². The molecule has 0 heterocycles. The van der Waals surface area contributed by atoms with Crippen LogP contribution in [0.4, 0.5) is 0 Å². The lowest BCUT2D eigenvalue weighted by Crippen LogP contribution is -2.09. The third-order valence-electron chi connectivity index (χ3n) is 1.94. The van der Waals surface area contributed by atoms with Gasteiger partial charge in [0.15, 0.2) is 11.6 Å². The molecule has 0 aliphatic heterocycles. The highest BCUT2D eigenvalue weighted by Crippen LogP contribution is 2.11. The number of hydrogen-bond acceptors (Lipinski definition) is 2. The lowest BCUT2D eigenvalue weighted by molar-refractivity contribution is 0.0992. The summed E-state index contributed by atoms with van der Waals surface area (Å²) in [6.45, 7) is 3.36. The van der Waals surface area contributed by atoms with Crippen LogP contribution in [0, 0.1) is 0 Å². The quantitative estimate of drug-likeness (QED) is 0.489. The molecule has 1 aromatic rings. The zero-order chi connectivity index (χ0) is 10.7. The second-order valence-electron chi connectivity index (χ2n) is 3.11. The van der Waals surface area contributed by atoms with Gasteiger partial charge in [-0.15, -0.1) is 0 Å². The second kappa shape index (κ2) is 4.68. The Bertz CT molecular complexity index is 352. The van der Waals surface area contributed by atoms with Crippen LogP contribution >= 0.6 is 22.6 Å². The van der Waals surface area contributed by atoms with Crippen LogP contribution in [0.2, 0.25) is 0 Å². The van der Waals surface area contributed by atoms with Crippen LogP contribution in [0.15, 0.2) is 24.3 Å². The van der Waals surface area contributed by atoms with Gasteiger partial charge >= 0.3 is 0 Å². The lowest BCUT2D eigenvalue weighted by Gasteiger charge is -2.03. The van der Waals surface area contributed by atoms with E-state index in [0.29, 0.717) is 11.1 Å². The predicted molar refractivity (Wildman–Crippen MR) is 64.3 cm³/mol. The first-order valence-electron chi connectivity index (χ1n) is 4.31. The number of halogens is 1. The molecule has 3 heteroatoms. The van der Waals surface area contributed by atoms with Crippen molar-refractivity contribution in [2.24, 2.45) is 0 Å². The van der Waals surface area contributed by atoms with Crippen LogP contribution in [-0.2, 0) is 0 Å². The highest BCUT2D eigenvalue weighted by molar-refractivity contribution is 14.1. The number of ketones is 2. The van der Waals surface area contributed by atoms with Gasteiger partial charge in [0.2, 0.25) is 0 Å². The number of Topliss-reactive ketones (excluding diaryl/α,β-unsaturated/α-hetero) is 2. The molecule has 0 aromatic heterocycles. The van der Waals surface area contributed by atoms with Crippen molar-refractivity contribution >= 4 is 34.2 Å². The maximum Gasteiger partial charge on any atom is 0.175 e. The zero-order valence-electron chi connectivity index (χ0n) is 8.08. The van der Waals surface area contributed by atoms with E-state index in [1.165, 1.54) is 6.92 Å². The standard InChI is InChI=1S/C11H11IO2/c1-7(12)11(14)10-5-3-9(4-6-10)8(2)13/h3-7H,1-2H3/t7-/m1/s1. The SMILES string of the molecule is CC(=O)c1ccc(C(=O)[C@@H](C)I)cc1. The third-order valence-corrected chi connectivity index (χ3v) is 2.50. The van der Waals surface area contributed by atoms with Gasteiger partial charge in [-0.05, 0) is 13.8 Å². The van der Waals surface area contributed by atoms with E-state index in [9.17, 15) is 9.59 Å². The molecule has 0 unspecified atom stereocenters. The van der Waals surface area contributed by atoms with E-state index in [1.54, 1.807) is 24.3 Å². The molecular formula is C11H11IO2. The molecule has 2 nitrogen and oxygen atoms in total. The molecule has 74 valence electrons. The monoisotopic (exact) mass is 302 g/mol. The van der Waals surface area contributed by atoms with Crippen molar-refractivity contribution in [2.45, 2.75) is 17.8 Å². The van der Waals surface area contributed by atoms with Gasteiger partial charge in [0.1, 0.15) is 0 Å². The largest absolute Gasteiger partial charge is 0.295 e. The molecule has 0 saturated heterocycles. The van der Waals surface area contributed by atoms with Crippen molar-refractivity contribution in [1.82, 2.24) is 0 Å². The topological polar surface area (TPSA) is 34.1 Å². The first-order valence-corrected chi connectivity index (χ1v) is 5.56. The molecule has 0 spiro atoms. The van der Waals surface area contributed by atoms with E-state index in [2.05, 4.69) is 22.6 Å². The zero-order valence-corrected chi connectivity index (χ0v) is 10.2. The van der Waals surface area contributed by atoms with E-state index < -0.39 is 0 Å². The Labute approximate surface area is 96.8 Å². The van der Waals surface area contributed by atoms with Gasteiger partial charge in [0.05, 0.1) is 3.92 Å². The number of benzene rings is 1. The van der Waals surface area contributed by atoms with E-state index in [4.69, 9.17) is 0 Å². The van der Waals surface area contributed by atoms with Crippen molar-refractivity contribution < 1.29 is 9.59 Å². The Kier molecular flexibility index (Phi) is 3.80. The van der Waals surface area contributed by atoms with Crippen molar-refractivity contribution in [1.29, 1.82) is 0 Å². The molecule has 0 amide bonds. The van der Waals surface area contributed by atoms with Gasteiger partial charge in [0, 0.05) is 11.1 Å². The number of alkyl halides is 1. The van der Waals surface area contributed by atoms with Crippen LogP contribution in [0.3, 0.4) is 0 Å². The fraction of sp³-hybridized carbons (Fsp3) is 0.273. The van der Waals surface area contributed by atoms with Crippen LogP contribution in [-0.4, -0.2) is 15.5 Å². The molecule has 0 N–H and O–H groups in total. The Morgan fingerprint density at radius 1 is 1.14 bits per heavy atom. The maximum absolute atomic E-state index is 11.5. The third kappa shape index (κ3) is 2.64. The summed E-state index contributed by atoms with van der Waals surface area (Å²) in [5, 5.41) is 0. The van der Waals surface area contributed by atoms with E-state index in [1.807, 2.05) is 6.92 Å². The van der Waals surface area contributed by atoms with Gasteiger partial charge in [-0.2, -0.15) is 0 Å². The summed E-state index contributed by atoms with van der Waals surface area (Å²) in [7, 11) is 0. The normalized spacial score (nSPS) is 12.2. The summed E-state index contributed by atoms with van der Waals surface area (Å²) in [6.07, 6.45) is 0. The summed E-state index contributed by atoms with van der Waals surface area (Å²) in [6, 6.07) is 6.78. The average Bonchev–Trinajstić information content (AvgIpc) is 2.16. The maximum atomic E-state index is 11.5. The van der Waals surface area contributed by atoms with Gasteiger partial charge in [0.25, 0.3) is 0 Å². The van der Waals surface area contributed by atoms with E-state index >= 15 is 0 Å². The molecule has 0 aliphatic carbocycles. The molecule has 1 rings (SSSR count). The van der Waals surface area contributed by atoms with Gasteiger partial charge in [-0.1, -0.05) is 46.9 Å². The van der Waals surface area contributed by atoms with Crippen LogP contribution in [0.1, 0.15) is 34.6 Å². The summed E-state index contributed by atoms with van der Waals surface area (Å²) < 4.78 is -0.0317. The molecule has 1 aromatic carbocycles. The Hall–Kier alpha value is -0.710. The van der Waals surface area contributed by atoms with Gasteiger partial charge < -0.3 is 0 Å². The Balaban J connectivity index is 2.94. The van der Waals surface area contributed by atoms with Crippen molar-refractivity contribution in [3.8, 4) is 0 Å². The fourth-order valence-electron chi connectivity index (χ4n) is 1.10. The smallest absolute Gasteiger partial charge is 0.175 e. The van der Waals surface area contributed by atoms with Crippen molar-refractivity contribution in [3.63, 3.8) is 0 Å². The molecule has 0 saturated carbocycles. The Morgan fingerprint density at radius 3 is 1.93 bits per heavy atom. The highest BCUT2D eigenvalue weighted by atomic mass is 127.